The summed E-state index contributed by atoms with van der Waals surface area (Å²) in [4.78, 5) is 28.1. The number of rotatable bonds is 3. The molecule has 0 saturated carbocycles. The number of pyridine rings is 1. The number of nitro groups is 1. The molecule has 1 fully saturated rings. The first-order valence-corrected chi connectivity index (χ1v) is 6.09. The summed E-state index contributed by atoms with van der Waals surface area (Å²) in [5, 5.41) is 13.9. The van der Waals surface area contributed by atoms with Crippen LogP contribution in [0.25, 0.3) is 0 Å². The van der Waals surface area contributed by atoms with Crippen LogP contribution < -0.4 is 5.32 Å². The summed E-state index contributed by atoms with van der Waals surface area (Å²) in [5.41, 5.74) is 0.643. The Labute approximate surface area is 122 Å². The predicted molar refractivity (Wildman–Crippen MR) is 76.2 cm³/mol. The fourth-order valence-electron chi connectivity index (χ4n) is 2.16. The number of amides is 1. The van der Waals surface area contributed by atoms with Gasteiger partial charge in [0.15, 0.2) is 0 Å². The van der Waals surface area contributed by atoms with Crippen LogP contribution in [-0.4, -0.2) is 46.9 Å². The first-order chi connectivity index (χ1) is 9.00. The first-order valence-electron chi connectivity index (χ1n) is 6.09. The number of likely N-dealkylation sites (N-methyl/N-ethyl adjacent to an activating group) is 1. The quantitative estimate of drug-likeness (QED) is 0.668. The number of aromatic nitrogens is 1. The zero-order valence-electron chi connectivity index (χ0n) is 11.3. The molecule has 2 rings (SSSR count). The van der Waals surface area contributed by atoms with Gasteiger partial charge in [0.2, 0.25) is 0 Å². The Morgan fingerprint density at radius 3 is 2.85 bits per heavy atom. The molecule has 1 amide bonds. The summed E-state index contributed by atoms with van der Waals surface area (Å²) < 4.78 is 0. The highest BCUT2D eigenvalue weighted by atomic mass is 35.5. The molecule has 0 aliphatic carbocycles. The second kappa shape index (κ2) is 6.62. The molecule has 110 valence electrons. The summed E-state index contributed by atoms with van der Waals surface area (Å²) in [5.74, 6) is -0.220. The number of hydrogen-bond donors (Lipinski definition) is 1. The Balaban J connectivity index is 0.00000200. The van der Waals surface area contributed by atoms with E-state index in [2.05, 4.69) is 10.3 Å². The molecule has 2 heterocycles. The van der Waals surface area contributed by atoms with E-state index in [4.69, 9.17) is 0 Å². The molecule has 8 heteroatoms. The van der Waals surface area contributed by atoms with Crippen molar-refractivity contribution >= 4 is 24.0 Å². The van der Waals surface area contributed by atoms with Gasteiger partial charge in [-0.25, -0.2) is 0 Å². The van der Waals surface area contributed by atoms with Gasteiger partial charge in [0.25, 0.3) is 11.6 Å². The number of halogens is 1. The molecule has 1 aliphatic rings. The van der Waals surface area contributed by atoms with Gasteiger partial charge in [-0.05, 0) is 19.9 Å². The zero-order chi connectivity index (χ0) is 14.0. The number of nitrogens with one attached hydrogen (secondary N) is 1. The molecule has 20 heavy (non-hydrogen) atoms. The summed E-state index contributed by atoms with van der Waals surface area (Å²) in [6.07, 6.45) is 2.06. The van der Waals surface area contributed by atoms with Crippen molar-refractivity contribution in [2.75, 3.05) is 20.1 Å². The fraction of sp³-hybridized carbons (Fsp3) is 0.500. The second-order valence-electron chi connectivity index (χ2n) is 4.65. The van der Waals surface area contributed by atoms with Crippen LogP contribution in [0.5, 0.6) is 0 Å². The van der Waals surface area contributed by atoms with Crippen LogP contribution in [-0.2, 0) is 0 Å². The Bertz CT molecular complexity index is 517. The topological polar surface area (TPSA) is 88.4 Å². The van der Waals surface area contributed by atoms with Crippen LogP contribution in [0.15, 0.2) is 12.3 Å². The van der Waals surface area contributed by atoms with E-state index in [-0.39, 0.29) is 30.0 Å². The Hall–Kier alpha value is -1.73. The molecule has 0 bridgehead atoms. The number of nitrogens with zero attached hydrogens (tertiary/aromatic N) is 3. The lowest BCUT2D eigenvalue weighted by Crippen LogP contribution is -2.38. The van der Waals surface area contributed by atoms with E-state index in [1.54, 1.807) is 18.9 Å². The number of carbonyl (C=O) groups excluding carboxylic acids is 1. The lowest BCUT2D eigenvalue weighted by atomic mass is 10.1. The normalized spacial score (nSPS) is 17.4. The van der Waals surface area contributed by atoms with Crippen molar-refractivity contribution in [3.8, 4) is 0 Å². The molecular formula is C12H17ClN4O3. The largest absolute Gasteiger partial charge is 0.337 e. The third-order valence-corrected chi connectivity index (χ3v) is 3.42. The maximum Gasteiger partial charge on any atom is 0.288 e. The number of hydrogen-bond acceptors (Lipinski definition) is 5. The van der Waals surface area contributed by atoms with Crippen molar-refractivity contribution in [3.05, 3.63) is 33.6 Å². The van der Waals surface area contributed by atoms with E-state index < -0.39 is 4.92 Å². The van der Waals surface area contributed by atoms with Gasteiger partial charge >= 0.3 is 0 Å². The molecule has 1 aromatic heterocycles. The monoisotopic (exact) mass is 300 g/mol. The van der Waals surface area contributed by atoms with Gasteiger partial charge in [-0.3, -0.25) is 19.9 Å². The summed E-state index contributed by atoms with van der Waals surface area (Å²) in [6.45, 7) is 3.32. The van der Waals surface area contributed by atoms with Gasteiger partial charge in [-0.1, -0.05) is 0 Å². The van der Waals surface area contributed by atoms with Crippen LogP contribution in [0.1, 0.15) is 22.5 Å². The van der Waals surface area contributed by atoms with Gasteiger partial charge in [0.05, 0.1) is 16.2 Å². The highest BCUT2D eigenvalue weighted by molar-refractivity contribution is 5.95. The average Bonchev–Trinajstić information content (AvgIpc) is 2.91. The SMILES string of the molecule is Cc1ncc([N+](=O)[O-])cc1C(=O)N(C)C1CCNC1.Cl. The summed E-state index contributed by atoms with van der Waals surface area (Å²) in [7, 11) is 1.72. The third kappa shape index (κ3) is 3.23. The Morgan fingerprint density at radius 1 is 1.60 bits per heavy atom. The Morgan fingerprint density at radius 2 is 2.30 bits per heavy atom. The van der Waals surface area contributed by atoms with E-state index in [0.717, 1.165) is 19.5 Å². The molecule has 0 spiro atoms. The molecule has 0 radical (unpaired) electrons. The molecule has 1 saturated heterocycles. The summed E-state index contributed by atoms with van der Waals surface area (Å²) >= 11 is 0. The standard InChI is InChI=1S/C12H16N4O3.ClH/c1-8-11(5-10(7-14-8)16(18)19)12(17)15(2)9-3-4-13-6-9;/h5,7,9,13H,3-4,6H2,1-2H3;1H. The molecule has 1 N–H and O–H groups in total. The van der Waals surface area contributed by atoms with Crippen molar-refractivity contribution in [1.82, 2.24) is 15.2 Å². The molecule has 0 aromatic carbocycles. The summed E-state index contributed by atoms with van der Waals surface area (Å²) in [6, 6.07) is 1.43. The van der Waals surface area contributed by atoms with Gasteiger partial charge in [0, 0.05) is 25.7 Å². The lowest BCUT2D eigenvalue weighted by molar-refractivity contribution is -0.385. The number of carbonyl (C=O) groups is 1. The second-order valence-corrected chi connectivity index (χ2v) is 4.65. The molecule has 1 unspecified atom stereocenters. The van der Waals surface area contributed by atoms with Crippen molar-refractivity contribution < 1.29 is 9.72 Å². The van der Waals surface area contributed by atoms with Crippen molar-refractivity contribution in [2.24, 2.45) is 0 Å². The minimum Gasteiger partial charge on any atom is -0.337 e. The lowest BCUT2D eigenvalue weighted by Gasteiger charge is -2.24. The van der Waals surface area contributed by atoms with Crippen molar-refractivity contribution in [2.45, 2.75) is 19.4 Å². The van der Waals surface area contributed by atoms with Crippen LogP contribution >= 0.6 is 12.4 Å². The molecular weight excluding hydrogens is 284 g/mol. The average molecular weight is 301 g/mol. The highest BCUT2D eigenvalue weighted by Crippen LogP contribution is 2.18. The van der Waals surface area contributed by atoms with Gasteiger partial charge in [-0.15, -0.1) is 12.4 Å². The van der Waals surface area contributed by atoms with E-state index >= 15 is 0 Å². The molecule has 7 nitrogen and oxygen atoms in total. The van der Waals surface area contributed by atoms with Gasteiger partial charge < -0.3 is 10.2 Å². The number of aryl methyl sites for hydroxylation is 1. The zero-order valence-corrected chi connectivity index (χ0v) is 12.1. The first kappa shape index (κ1) is 16.3. The maximum absolute atomic E-state index is 12.4. The van der Waals surface area contributed by atoms with E-state index in [0.29, 0.717) is 11.3 Å². The third-order valence-electron chi connectivity index (χ3n) is 3.42. The van der Waals surface area contributed by atoms with E-state index in [1.165, 1.54) is 12.3 Å². The minimum atomic E-state index is -0.541. The van der Waals surface area contributed by atoms with E-state index in [1.807, 2.05) is 0 Å². The van der Waals surface area contributed by atoms with Crippen LogP contribution in [0.2, 0.25) is 0 Å². The molecule has 1 aromatic rings. The molecule has 1 aliphatic heterocycles. The van der Waals surface area contributed by atoms with Crippen LogP contribution in [0.3, 0.4) is 0 Å². The minimum absolute atomic E-state index is 0. The van der Waals surface area contributed by atoms with Crippen LogP contribution in [0, 0.1) is 17.0 Å². The van der Waals surface area contributed by atoms with Gasteiger partial charge in [0.1, 0.15) is 6.20 Å². The maximum atomic E-state index is 12.4. The molecule has 1 atom stereocenters. The smallest absolute Gasteiger partial charge is 0.288 e. The highest BCUT2D eigenvalue weighted by Gasteiger charge is 2.26. The van der Waals surface area contributed by atoms with Gasteiger partial charge in [-0.2, -0.15) is 0 Å². The van der Waals surface area contributed by atoms with Crippen molar-refractivity contribution in [1.29, 1.82) is 0 Å². The Kier molecular flexibility index (Phi) is 5.41. The van der Waals surface area contributed by atoms with E-state index in [9.17, 15) is 14.9 Å². The van der Waals surface area contributed by atoms with Crippen molar-refractivity contribution in [3.63, 3.8) is 0 Å². The predicted octanol–water partition coefficient (Wildman–Crippen LogP) is 1.15. The van der Waals surface area contributed by atoms with Crippen LogP contribution in [0.4, 0.5) is 5.69 Å². The fourth-order valence-corrected chi connectivity index (χ4v) is 2.16.